The maximum atomic E-state index is 12.3. The summed E-state index contributed by atoms with van der Waals surface area (Å²) in [6.45, 7) is 3.56. The molecule has 0 fully saturated rings. The quantitative estimate of drug-likeness (QED) is 0.721. The second-order valence-corrected chi connectivity index (χ2v) is 7.31. The van der Waals surface area contributed by atoms with Crippen molar-refractivity contribution in [3.05, 3.63) is 35.9 Å². The van der Waals surface area contributed by atoms with Crippen molar-refractivity contribution in [3.63, 3.8) is 0 Å². The zero-order chi connectivity index (χ0) is 16.8. The first kappa shape index (κ1) is 18.6. The third kappa shape index (κ3) is 6.13. The van der Waals surface area contributed by atoms with E-state index in [9.17, 15) is 13.2 Å². The van der Waals surface area contributed by atoms with Crippen molar-refractivity contribution in [1.82, 2.24) is 9.03 Å². The highest BCUT2D eigenvalue weighted by Gasteiger charge is 2.24. The van der Waals surface area contributed by atoms with Crippen LogP contribution in [0, 0.1) is 0 Å². The molecular formula is C15H24N2O4S. The molecule has 1 unspecified atom stereocenters. The molecule has 7 heteroatoms. The SMILES string of the molecule is CC(C)N(C)S(=O)(=O)NC(CCC(=O)O)Cc1ccccc1. The average molecular weight is 328 g/mol. The van der Waals surface area contributed by atoms with Crippen LogP contribution >= 0.6 is 0 Å². The Hall–Kier alpha value is -1.44. The topological polar surface area (TPSA) is 86.7 Å². The molecule has 0 bridgehead atoms. The standard InChI is InChI=1S/C15H24N2O4S/c1-12(2)17(3)22(20,21)16-14(9-10-15(18)19)11-13-7-5-4-6-8-13/h4-8,12,14,16H,9-11H2,1-3H3,(H,18,19). The fourth-order valence-electron chi connectivity index (χ4n) is 1.97. The lowest BCUT2D eigenvalue weighted by molar-refractivity contribution is -0.137. The van der Waals surface area contributed by atoms with Gasteiger partial charge in [-0.2, -0.15) is 17.4 Å². The molecule has 22 heavy (non-hydrogen) atoms. The number of nitrogens with one attached hydrogen (secondary N) is 1. The molecule has 124 valence electrons. The Bertz CT molecular complexity index is 572. The molecule has 1 aromatic carbocycles. The Morgan fingerprint density at radius 3 is 2.36 bits per heavy atom. The second kappa shape index (κ2) is 8.26. The van der Waals surface area contributed by atoms with Crippen molar-refractivity contribution in [2.24, 2.45) is 0 Å². The summed E-state index contributed by atoms with van der Waals surface area (Å²) in [5.41, 5.74) is 0.966. The fourth-order valence-corrected chi connectivity index (χ4v) is 3.31. The van der Waals surface area contributed by atoms with Crippen LogP contribution in [0.5, 0.6) is 0 Å². The Morgan fingerprint density at radius 1 is 1.27 bits per heavy atom. The lowest BCUT2D eigenvalue weighted by Gasteiger charge is -2.25. The number of benzene rings is 1. The zero-order valence-corrected chi connectivity index (χ0v) is 14.0. The van der Waals surface area contributed by atoms with Crippen molar-refractivity contribution in [2.45, 2.75) is 45.2 Å². The summed E-state index contributed by atoms with van der Waals surface area (Å²) in [6, 6.07) is 8.80. The van der Waals surface area contributed by atoms with E-state index in [2.05, 4.69) is 4.72 Å². The van der Waals surface area contributed by atoms with Gasteiger partial charge in [-0.3, -0.25) is 4.79 Å². The number of carboxylic acids is 1. The molecule has 0 spiro atoms. The smallest absolute Gasteiger partial charge is 0.303 e. The van der Waals surface area contributed by atoms with Crippen LogP contribution < -0.4 is 4.72 Å². The van der Waals surface area contributed by atoms with Gasteiger partial charge in [0.25, 0.3) is 10.2 Å². The lowest BCUT2D eigenvalue weighted by Crippen LogP contribution is -2.47. The maximum Gasteiger partial charge on any atom is 0.303 e. The highest BCUT2D eigenvalue weighted by molar-refractivity contribution is 7.87. The minimum Gasteiger partial charge on any atom is -0.481 e. The van der Waals surface area contributed by atoms with Gasteiger partial charge in [0.15, 0.2) is 0 Å². The van der Waals surface area contributed by atoms with Gasteiger partial charge >= 0.3 is 5.97 Å². The van der Waals surface area contributed by atoms with Crippen molar-refractivity contribution < 1.29 is 18.3 Å². The largest absolute Gasteiger partial charge is 0.481 e. The highest BCUT2D eigenvalue weighted by atomic mass is 32.2. The number of hydrogen-bond acceptors (Lipinski definition) is 3. The van der Waals surface area contributed by atoms with Crippen LogP contribution in [-0.2, 0) is 21.4 Å². The molecule has 1 rings (SSSR count). The maximum absolute atomic E-state index is 12.3. The predicted molar refractivity (Wildman–Crippen MR) is 85.8 cm³/mol. The molecule has 0 aliphatic rings. The highest BCUT2D eigenvalue weighted by Crippen LogP contribution is 2.11. The zero-order valence-electron chi connectivity index (χ0n) is 13.2. The molecule has 0 saturated heterocycles. The molecule has 0 aliphatic carbocycles. The van der Waals surface area contributed by atoms with E-state index in [0.29, 0.717) is 6.42 Å². The molecule has 6 nitrogen and oxygen atoms in total. The van der Waals surface area contributed by atoms with E-state index < -0.39 is 22.2 Å². The van der Waals surface area contributed by atoms with E-state index in [1.807, 2.05) is 30.3 Å². The lowest BCUT2D eigenvalue weighted by atomic mass is 10.0. The minimum atomic E-state index is -3.64. The van der Waals surface area contributed by atoms with Crippen molar-refractivity contribution >= 4 is 16.2 Å². The fraction of sp³-hybridized carbons (Fsp3) is 0.533. The van der Waals surface area contributed by atoms with E-state index in [-0.39, 0.29) is 18.9 Å². The van der Waals surface area contributed by atoms with E-state index in [0.717, 1.165) is 5.56 Å². The molecule has 2 N–H and O–H groups in total. The third-order valence-electron chi connectivity index (χ3n) is 3.45. The van der Waals surface area contributed by atoms with Gasteiger partial charge in [-0.25, -0.2) is 0 Å². The molecule has 0 aliphatic heterocycles. The van der Waals surface area contributed by atoms with Crippen LogP contribution in [0.25, 0.3) is 0 Å². The molecule has 1 aromatic rings. The van der Waals surface area contributed by atoms with Crippen molar-refractivity contribution in [1.29, 1.82) is 0 Å². The normalized spacial score (nSPS) is 13.5. The molecular weight excluding hydrogens is 304 g/mol. The first-order valence-electron chi connectivity index (χ1n) is 7.23. The summed E-state index contributed by atoms with van der Waals surface area (Å²) in [5, 5.41) is 8.84. The number of carbonyl (C=O) groups is 1. The third-order valence-corrected chi connectivity index (χ3v) is 5.26. The van der Waals surface area contributed by atoms with Crippen molar-refractivity contribution in [2.75, 3.05) is 7.05 Å². The summed E-state index contributed by atoms with van der Waals surface area (Å²) >= 11 is 0. The minimum absolute atomic E-state index is 0.0780. The Morgan fingerprint density at radius 2 is 1.86 bits per heavy atom. The summed E-state index contributed by atoms with van der Waals surface area (Å²) in [4.78, 5) is 10.8. The van der Waals surface area contributed by atoms with Crippen LogP contribution in [-0.4, -0.2) is 42.9 Å². The molecule has 0 saturated carbocycles. The van der Waals surface area contributed by atoms with E-state index in [1.165, 1.54) is 11.4 Å². The first-order chi connectivity index (χ1) is 10.2. The van der Waals surface area contributed by atoms with Crippen LogP contribution in [0.1, 0.15) is 32.3 Å². The molecule has 0 aromatic heterocycles. The first-order valence-corrected chi connectivity index (χ1v) is 8.67. The van der Waals surface area contributed by atoms with Crippen LogP contribution in [0.4, 0.5) is 0 Å². The van der Waals surface area contributed by atoms with Gasteiger partial charge in [0, 0.05) is 25.6 Å². The number of hydrogen-bond donors (Lipinski definition) is 2. The monoisotopic (exact) mass is 328 g/mol. The Balaban J connectivity index is 2.83. The second-order valence-electron chi connectivity index (χ2n) is 5.55. The van der Waals surface area contributed by atoms with Gasteiger partial charge in [-0.05, 0) is 32.3 Å². The van der Waals surface area contributed by atoms with E-state index >= 15 is 0 Å². The number of nitrogens with zero attached hydrogens (tertiary/aromatic N) is 1. The summed E-state index contributed by atoms with van der Waals surface area (Å²) < 4.78 is 28.4. The number of aliphatic carboxylic acids is 1. The van der Waals surface area contributed by atoms with Gasteiger partial charge in [0.1, 0.15) is 0 Å². The molecule has 0 radical (unpaired) electrons. The molecule has 0 amide bonds. The predicted octanol–water partition coefficient (Wildman–Crippen LogP) is 1.64. The summed E-state index contributed by atoms with van der Waals surface area (Å²) in [5.74, 6) is -0.936. The average Bonchev–Trinajstić information content (AvgIpc) is 2.44. The Kier molecular flexibility index (Phi) is 6.99. The number of carboxylic acid groups (broad SMARTS) is 1. The van der Waals surface area contributed by atoms with Crippen molar-refractivity contribution in [3.8, 4) is 0 Å². The van der Waals surface area contributed by atoms with Gasteiger partial charge in [-0.1, -0.05) is 30.3 Å². The van der Waals surface area contributed by atoms with E-state index in [1.54, 1.807) is 13.8 Å². The van der Waals surface area contributed by atoms with Gasteiger partial charge < -0.3 is 5.11 Å². The Labute approximate surface area is 132 Å². The summed E-state index contributed by atoms with van der Waals surface area (Å²) in [7, 11) is -2.13. The molecule has 0 heterocycles. The van der Waals surface area contributed by atoms with Gasteiger partial charge in [0.2, 0.25) is 0 Å². The van der Waals surface area contributed by atoms with E-state index in [4.69, 9.17) is 5.11 Å². The van der Waals surface area contributed by atoms with Crippen LogP contribution in [0.3, 0.4) is 0 Å². The summed E-state index contributed by atoms with van der Waals surface area (Å²) in [6.07, 6.45) is 0.625. The van der Waals surface area contributed by atoms with Crippen LogP contribution in [0.2, 0.25) is 0 Å². The number of rotatable bonds is 9. The van der Waals surface area contributed by atoms with Gasteiger partial charge in [-0.15, -0.1) is 0 Å². The molecule has 1 atom stereocenters. The van der Waals surface area contributed by atoms with Crippen LogP contribution in [0.15, 0.2) is 30.3 Å². The van der Waals surface area contributed by atoms with Gasteiger partial charge in [0.05, 0.1) is 0 Å².